The van der Waals surface area contributed by atoms with Gasteiger partial charge in [0.2, 0.25) is 5.91 Å². The number of hydrogen-bond acceptors (Lipinski definition) is 3. The molecule has 0 spiro atoms. The Hall–Kier alpha value is -2.82. The molecule has 2 aromatic rings. The maximum absolute atomic E-state index is 12.8. The quantitative estimate of drug-likeness (QED) is 0.826. The van der Waals surface area contributed by atoms with E-state index in [1.165, 1.54) is 0 Å². The number of ether oxygens (including phenoxy) is 1. The van der Waals surface area contributed by atoms with Crippen molar-refractivity contribution in [2.24, 2.45) is 5.92 Å². The second-order valence-electron chi connectivity index (χ2n) is 6.55. The highest BCUT2D eigenvalue weighted by atomic mass is 16.5. The minimum atomic E-state index is -0.0983. The van der Waals surface area contributed by atoms with Gasteiger partial charge >= 0.3 is 0 Å². The van der Waals surface area contributed by atoms with Gasteiger partial charge in [-0.15, -0.1) is 0 Å². The second-order valence-corrected chi connectivity index (χ2v) is 6.55. The Morgan fingerprint density at radius 2 is 1.92 bits per heavy atom. The van der Waals surface area contributed by atoms with E-state index >= 15 is 0 Å². The van der Waals surface area contributed by atoms with Gasteiger partial charge in [0.05, 0.1) is 6.61 Å². The van der Waals surface area contributed by atoms with E-state index in [0.29, 0.717) is 24.4 Å². The summed E-state index contributed by atoms with van der Waals surface area (Å²) in [6.07, 6.45) is 1.90. The third kappa shape index (κ3) is 4.42. The van der Waals surface area contributed by atoms with E-state index in [1.807, 2.05) is 31.2 Å². The van der Waals surface area contributed by atoms with E-state index in [2.05, 4.69) is 5.32 Å². The molecule has 1 fully saturated rings. The molecular weight excluding hydrogens is 328 g/mol. The Morgan fingerprint density at radius 3 is 2.65 bits per heavy atom. The number of carbonyl (C=O) groups is 2. The van der Waals surface area contributed by atoms with E-state index in [-0.39, 0.29) is 17.7 Å². The number of carbonyl (C=O) groups excluding carboxylic acids is 2. The van der Waals surface area contributed by atoms with Gasteiger partial charge in [0.1, 0.15) is 5.75 Å². The SMILES string of the molecule is CCOc1ccccc1CN(C)C(=O)c1cccc(NC(=O)C2CC2)c1. The van der Waals surface area contributed by atoms with Crippen LogP contribution in [0.4, 0.5) is 5.69 Å². The number of amides is 2. The summed E-state index contributed by atoms with van der Waals surface area (Å²) in [5, 5.41) is 2.88. The smallest absolute Gasteiger partial charge is 0.253 e. The Morgan fingerprint density at radius 1 is 1.15 bits per heavy atom. The molecule has 0 saturated heterocycles. The highest BCUT2D eigenvalue weighted by Crippen LogP contribution is 2.30. The highest BCUT2D eigenvalue weighted by Gasteiger charge is 2.29. The minimum Gasteiger partial charge on any atom is -0.494 e. The van der Waals surface area contributed by atoms with Crippen LogP contribution >= 0.6 is 0 Å². The number of nitrogens with one attached hydrogen (secondary N) is 1. The Balaban J connectivity index is 1.69. The fourth-order valence-electron chi connectivity index (χ4n) is 2.80. The molecule has 1 aliphatic carbocycles. The minimum absolute atomic E-state index is 0.0357. The molecule has 0 aliphatic heterocycles. The predicted molar refractivity (Wildman–Crippen MR) is 101 cm³/mol. The zero-order valence-electron chi connectivity index (χ0n) is 15.2. The molecule has 1 saturated carbocycles. The summed E-state index contributed by atoms with van der Waals surface area (Å²) < 4.78 is 5.63. The standard InChI is InChI=1S/C21H24N2O3/c1-3-26-19-10-5-4-7-17(19)14-23(2)21(25)16-8-6-9-18(13-16)22-20(24)15-11-12-15/h4-10,13,15H,3,11-12,14H2,1-2H3,(H,22,24). The van der Waals surface area contributed by atoms with Crippen LogP contribution in [0.5, 0.6) is 5.75 Å². The molecule has 1 N–H and O–H groups in total. The number of benzene rings is 2. The first kappa shape index (κ1) is 18.0. The third-order valence-corrected chi connectivity index (χ3v) is 4.35. The zero-order chi connectivity index (χ0) is 18.5. The molecule has 5 nitrogen and oxygen atoms in total. The third-order valence-electron chi connectivity index (χ3n) is 4.35. The maximum atomic E-state index is 12.8. The molecule has 26 heavy (non-hydrogen) atoms. The zero-order valence-corrected chi connectivity index (χ0v) is 15.2. The number of anilines is 1. The molecule has 136 valence electrons. The van der Waals surface area contributed by atoms with Crippen LogP contribution in [0.3, 0.4) is 0 Å². The number of rotatable bonds is 7. The number of nitrogens with zero attached hydrogens (tertiary/aromatic N) is 1. The van der Waals surface area contributed by atoms with Crippen LogP contribution in [0.2, 0.25) is 0 Å². The van der Waals surface area contributed by atoms with Gasteiger partial charge < -0.3 is 15.0 Å². The summed E-state index contributed by atoms with van der Waals surface area (Å²) in [5.41, 5.74) is 2.18. The van der Waals surface area contributed by atoms with Crippen molar-refractivity contribution >= 4 is 17.5 Å². The van der Waals surface area contributed by atoms with Crippen LogP contribution in [0.25, 0.3) is 0 Å². The lowest BCUT2D eigenvalue weighted by atomic mass is 10.1. The van der Waals surface area contributed by atoms with Crippen molar-refractivity contribution < 1.29 is 14.3 Å². The molecular formula is C21H24N2O3. The Labute approximate surface area is 154 Å². The van der Waals surface area contributed by atoms with Crippen LogP contribution < -0.4 is 10.1 Å². The van der Waals surface area contributed by atoms with E-state index in [4.69, 9.17) is 4.74 Å². The van der Waals surface area contributed by atoms with Gasteiger partial charge in [-0.1, -0.05) is 24.3 Å². The summed E-state index contributed by atoms with van der Waals surface area (Å²) in [4.78, 5) is 26.3. The fraction of sp³-hybridized carbons (Fsp3) is 0.333. The van der Waals surface area contributed by atoms with E-state index in [9.17, 15) is 9.59 Å². The monoisotopic (exact) mass is 352 g/mol. The molecule has 2 amide bonds. The van der Waals surface area contributed by atoms with Crippen molar-refractivity contribution in [3.05, 3.63) is 59.7 Å². The first-order chi connectivity index (χ1) is 12.6. The second kappa shape index (κ2) is 8.04. The van der Waals surface area contributed by atoms with Gasteiger partial charge in [0, 0.05) is 36.3 Å². The van der Waals surface area contributed by atoms with Crippen molar-refractivity contribution in [3.8, 4) is 5.75 Å². The molecule has 0 bridgehead atoms. The Kier molecular flexibility index (Phi) is 5.56. The van der Waals surface area contributed by atoms with Gasteiger partial charge in [-0.3, -0.25) is 9.59 Å². The van der Waals surface area contributed by atoms with Gasteiger partial charge in [-0.25, -0.2) is 0 Å². The van der Waals surface area contributed by atoms with E-state index in [1.54, 1.807) is 36.2 Å². The molecule has 5 heteroatoms. The van der Waals surface area contributed by atoms with Crippen molar-refractivity contribution in [2.45, 2.75) is 26.3 Å². The van der Waals surface area contributed by atoms with Gasteiger partial charge in [0.15, 0.2) is 0 Å². The summed E-state index contributed by atoms with van der Waals surface area (Å²) in [7, 11) is 1.76. The van der Waals surface area contributed by atoms with Crippen LogP contribution in [0.15, 0.2) is 48.5 Å². The molecule has 0 unspecified atom stereocenters. The first-order valence-electron chi connectivity index (χ1n) is 8.95. The average Bonchev–Trinajstić information content (AvgIpc) is 3.48. The summed E-state index contributed by atoms with van der Waals surface area (Å²) in [6.45, 7) is 2.97. The van der Waals surface area contributed by atoms with Gasteiger partial charge in [-0.2, -0.15) is 0 Å². The van der Waals surface area contributed by atoms with Gasteiger partial charge in [0.25, 0.3) is 5.91 Å². The fourth-order valence-corrected chi connectivity index (χ4v) is 2.80. The normalized spacial score (nSPS) is 13.2. The van der Waals surface area contributed by atoms with Crippen molar-refractivity contribution in [1.82, 2.24) is 4.90 Å². The summed E-state index contributed by atoms with van der Waals surface area (Å²) >= 11 is 0. The maximum Gasteiger partial charge on any atom is 0.253 e. The van der Waals surface area contributed by atoms with Crippen LogP contribution in [-0.2, 0) is 11.3 Å². The van der Waals surface area contributed by atoms with E-state index < -0.39 is 0 Å². The lowest BCUT2D eigenvalue weighted by Gasteiger charge is -2.19. The highest BCUT2D eigenvalue weighted by molar-refractivity contribution is 5.98. The molecule has 0 heterocycles. The van der Waals surface area contributed by atoms with Crippen molar-refractivity contribution in [1.29, 1.82) is 0 Å². The molecule has 2 aromatic carbocycles. The first-order valence-corrected chi connectivity index (χ1v) is 8.95. The van der Waals surface area contributed by atoms with Gasteiger partial charge in [-0.05, 0) is 44.0 Å². The van der Waals surface area contributed by atoms with Crippen LogP contribution in [-0.4, -0.2) is 30.4 Å². The summed E-state index contributed by atoms with van der Waals surface area (Å²) in [5.74, 6) is 0.861. The number of para-hydroxylation sites is 1. The van der Waals surface area contributed by atoms with E-state index in [0.717, 1.165) is 24.2 Å². The Bertz CT molecular complexity index is 799. The predicted octanol–water partition coefficient (Wildman–Crippen LogP) is 3.71. The van der Waals surface area contributed by atoms with Crippen molar-refractivity contribution in [3.63, 3.8) is 0 Å². The lowest BCUT2D eigenvalue weighted by Crippen LogP contribution is -2.26. The lowest BCUT2D eigenvalue weighted by molar-refractivity contribution is -0.117. The van der Waals surface area contributed by atoms with Crippen molar-refractivity contribution in [2.75, 3.05) is 19.0 Å². The summed E-state index contributed by atoms with van der Waals surface area (Å²) in [6, 6.07) is 14.8. The average molecular weight is 352 g/mol. The molecule has 3 rings (SSSR count). The molecule has 1 aliphatic rings. The topological polar surface area (TPSA) is 58.6 Å². The molecule has 0 radical (unpaired) electrons. The van der Waals surface area contributed by atoms with Crippen LogP contribution in [0.1, 0.15) is 35.7 Å². The molecule has 0 aromatic heterocycles. The largest absolute Gasteiger partial charge is 0.494 e. The number of hydrogen-bond donors (Lipinski definition) is 1. The van der Waals surface area contributed by atoms with Crippen LogP contribution in [0, 0.1) is 5.92 Å². The molecule has 0 atom stereocenters.